The van der Waals surface area contributed by atoms with E-state index in [1.807, 2.05) is 36.4 Å². The van der Waals surface area contributed by atoms with Crippen LogP contribution in [0, 0.1) is 0 Å². The van der Waals surface area contributed by atoms with Gasteiger partial charge >= 0.3 is 0 Å². The lowest BCUT2D eigenvalue weighted by Crippen LogP contribution is -2.23. The van der Waals surface area contributed by atoms with E-state index in [4.69, 9.17) is 5.73 Å². The predicted molar refractivity (Wildman–Crippen MR) is 74.0 cm³/mol. The van der Waals surface area contributed by atoms with E-state index in [-0.39, 0.29) is 11.8 Å². The van der Waals surface area contributed by atoms with Crippen molar-refractivity contribution in [2.75, 3.05) is 0 Å². The topological polar surface area (TPSA) is 56.0 Å². The molecule has 0 fully saturated rings. The second-order valence-electron chi connectivity index (χ2n) is 4.08. The van der Waals surface area contributed by atoms with E-state index in [1.54, 1.807) is 12.4 Å². The molecule has 0 aliphatic rings. The van der Waals surface area contributed by atoms with Gasteiger partial charge in [-0.15, -0.1) is 0 Å². The van der Waals surface area contributed by atoms with Crippen LogP contribution in [0.1, 0.15) is 17.0 Å². The van der Waals surface area contributed by atoms with Crippen molar-refractivity contribution in [2.24, 2.45) is 5.73 Å². The molecule has 1 amide bonds. The first-order valence-corrected chi connectivity index (χ1v) is 6.40. The van der Waals surface area contributed by atoms with Gasteiger partial charge in [0, 0.05) is 16.9 Å². The number of pyridine rings is 1. The number of halogens is 1. The first kappa shape index (κ1) is 12.8. The van der Waals surface area contributed by atoms with Crippen molar-refractivity contribution >= 4 is 21.8 Å². The molecular formula is C14H13BrN2O. The lowest BCUT2D eigenvalue weighted by atomic mass is 9.92. The number of nitrogens with zero attached hydrogens (tertiary/aromatic N) is 1. The van der Waals surface area contributed by atoms with Crippen LogP contribution in [0.25, 0.3) is 0 Å². The lowest BCUT2D eigenvalue weighted by Gasteiger charge is -2.13. The van der Waals surface area contributed by atoms with Gasteiger partial charge in [-0.3, -0.25) is 9.78 Å². The van der Waals surface area contributed by atoms with Gasteiger partial charge in [-0.25, -0.2) is 0 Å². The van der Waals surface area contributed by atoms with Gasteiger partial charge in [0.2, 0.25) is 5.91 Å². The zero-order valence-corrected chi connectivity index (χ0v) is 11.3. The van der Waals surface area contributed by atoms with E-state index >= 15 is 0 Å². The number of hydrogen-bond acceptors (Lipinski definition) is 2. The van der Waals surface area contributed by atoms with Crippen molar-refractivity contribution in [3.8, 4) is 0 Å². The van der Waals surface area contributed by atoms with Crippen LogP contribution in [-0.4, -0.2) is 10.9 Å². The van der Waals surface area contributed by atoms with Crippen molar-refractivity contribution < 1.29 is 4.79 Å². The molecule has 0 aliphatic carbocycles. The van der Waals surface area contributed by atoms with Gasteiger partial charge in [0.25, 0.3) is 0 Å². The molecule has 0 saturated carbocycles. The second-order valence-corrected chi connectivity index (χ2v) is 5.00. The zero-order chi connectivity index (χ0) is 13.0. The number of aromatic nitrogens is 1. The molecule has 1 heterocycles. The molecule has 18 heavy (non-hydrogen) atoms. The van der Waals surface area contributed by atoms with Gasteiger partial charge in [-0.1, -0.05) is 30.3 Å². The summed E-state index contributed by atoms with van der Waals surface area (Å²) in [6, 6.07) is 11.5. The van der Waals surface area contributed by atoms with E-state index in [9.17, 15) is 4.79 Å². The minimum atomic E-state index is -0.318. The summed E-state index contributed by atoms with van der Waals surface area (Å²) in [6.45, 7) is 0. The molecule has 2 N–H and O–H groups in total. The van der Waals surface area contributed by atoms with Crippen LogP contribution in [0.5, 0.6) is 0 Å². The SMILES string of the molecule is NC(=O)C(Cc1cncc(Br)c1)c1ccccc1. The molecule has 0 spiro atoms. The molecule has 0 aliphatic heterocycles. The molecule has 0 bridgehead atoms. The van der Waals surface area contributed by atoms with Crippen molar-refractivity contribution in [2.45, 2.75) is 12.3 Å². The Hall–Kier alpha value is -1.68. The minimum Gasteiger partial charge on any atom is -0.369 e. The van der Waals surface area contributed by atoms with E-state index in [2.05, 4.69) is 20.9 Å². The Balaban J connectivity index is 2.25. The smallest absolute Gasteiger partial charge is 0.225 e. The minimum absolute atomic E-state index is 0.317. The molecule has 1 aromatic heterocycles. The highest BCUT2D eigenvalue weighted by atomic mass is 79.9. The van der Waals surface area contributed by atoms with E-state index < -0.39 is 0 Å². The highest BCUT2D eigenvalue weighted by Crippen LogP contribution is 2.21. The predicted octanol–water partition coefficient (Wildman–Crippen LogP) is 2.66. The Bertz CT molecular complexity index is 543. The molecule has 0 radical (unpaired) electrons. The van der Waals surface area contributed by atoms with Gasteiger partial charge < -0.3 is 5.73 Å². The van der Waals surface area contributed by atoms with Gasteiger partial charge in [-0.2, -0.15) is 0 Å². The molecule has 1 aromatic carbocycles. The first-order chi connectivity index (χ1) is 8.66. The fourth-order valence-corrected chi connectivity index (χ4v) is 2.28. The van der Waals surface area contributed by atoms with Crippen molar-refractivity contribution in [1.82, 2.24) is 4.98 Å². The molecule has 0 saturated heterocycles. The molecule has 92 valence electrons. The van der Waals surface area contributed by atoms with Gasteiger partial charge in [0.05, 0.1) is 5.92 Å². The summed E-state index contributed by atoms with van der Waals surface area (Å²) in [5, 5.41) is 0. The van der Waals surface area contributed by atoms with E-state index in [1.165, 1.54) is 0 Å². The molecule has 1 unspecified atom stereocenters. The maximum atomic E-state index is 11.6. The molecule has 4 heteroatoms. The van der Waals surface area contributed by atoms with E-state index in [0.717, 1.165) is 15.6 Å². The van der Waals surface area contributed by atoms with Gasteiger partial charge in [-0.05, 0) is 39.5 Å². The summed E-state index contributed by atoms with van der Waals surface area (Å²) in [7, 11) is 0. The van der Waals surface area contributed by atoms with Crippen LogP contribution in [0.3, 0.4) is 0 Å². The number of hydrogen-bond donors (Lipinski definition) is 1. The number of carbonyl (C=O) groups excluding carboxylic acids is 1. The van der Waals surface area contributed by atoms with Crippen LogP contribution in [0.2, 0.25) is 0 Å². The second kappa shape index (κ2) is 5.78. The maximum Gasteiger partial charge on any atom is 0.225 e. The molecule has 2 aromatic rings. The number of carbonyl (C=O) groups is 1. The third-order valence-electron chi connectivity index (χ3n) is 2.75. The molecular weight excluding hydrogens is 292 g/mol. The summed E-state index contributed by atoms with van der Waals surface area (Å²) in [6.07, 6.45) is 4.03. The monoisotopic (exact) mass is 304 g/mol. The van der Waals surface area contributed by atoms with Gasteiger partial charge in [0.15, 0.2) is 0 Å². The number of amides is 1. The quantitative estimate of drug-likeness (QED) is 0.944. The van der Waals surface area contributed by atoms with Crippen LogP contribution >= 0.6 is 15.9 Å². The maximum absolute atomic E-state index is 11.6. The summed E-state index contributed by atoms with van der Waals surface area (Å²) in [5.74, 6) is -0.636. The van der Waals surface area contributed by atoms with Crippen molar-refractivity contribution in [3.05, 3.63) is 64.4 Å². The lowest BCUT2D eigenvalue weighted by molar-refractivity contribution is -0.119. The Morgan fingerprint density at radius 3 is 2.61 bits per heavy atom. The number of nitrogens with two attached hydrogens (primary N) is 1. The van der Waals surface area contributed by atoms with Crippen LogP contribution in [0.4, 0.5) is 0 Å². The Labute approximate surface area is 114 Å². The van der Waals surface area contributed by atoms with Gasteiger partial charge in [0.1, 0.15) is 0 Å². The zero-order valence-electron chi connectivity index (χ0n) is 9.71. The highest BCUT2D eigenvalue weighted by molar-refractivity contribution is 9.10. The standard InChI is InChI=1S/C14H13BrN2O/c15-12-6-10(8-17-9-12)7-13(14(16)18)11-4-2-1-3-5-11/h1-6,8-9,13H,7H2,(H2,16,18). The largest absolute Gasteiger partial charge is 0.369 e. The Morgan fingerprint density at radius 2 is 2.00 bits per heavy atom. The first-order valence-electron chi connectivity index (χ1n) is 5.60. The Morgan fingerprint density at radius 1 is 1.28 bits per heavy atom. The van der Waals surface area contributed by atoms with Crippen molar-refractivity contribution in [1.29, 1.82) is 0 Å². The highest BCUT2D eigenvalue weighted by Gasteiger charge is 2.18. The van der Waals surface area contributed by atoms with Crippen molar-refractivity contribution in [3.63, 3.8) is 0 Å². The summed E-state index contributed by atoms with van der Waals surface area (Å²) in [5.41, 5.74) is 7.40. The van der Waals surface area contributed by atoms with Crippen LogP contribution in [-0.2, 0) is 11.2 Å². The summed E-state index contributed by atoms with van der Waals surface area (Å²) < 4.78 is 0.899. The normalized spacial score (nSPS) is 12.1. The van der Waals surface area contributed by atoms with Crippen LogP contribution < -0.4 is 5.73 Å². The summed E-state index contributed by atoms with van der Waals surface area (Å²) in [4.78, 5) is 15.7. The number of primary amides is 1. The van der Waals surface area contributed by atoms with E-state index in [0.29, 0.717) is 6.42 Å². The number of benzene rings is 1. The average molecular weight is 305 g/mol. The summed E-state index contributed by atoms with van der Waals surface area (Å²) >= 11 is 3.37. The third-order valence-corrected chi connectivity index (χ3v) is 3.18. The molecule has 3 nitrogen and oxygen atoms in total. The van der Waals surface area contributed by atoms with Crippen LogP contribution in [0.15, 0.2) is 53.3 Å². The average Bonchev–Trinajstić information content (AvgIpc) is 2.37. The molecule has 1 atom stereocenters. The molecule has 2 rings (SSSR count). The fraction of sp³-hybridized carbons (Fsp3) is 0.143. The fourth-order valence-electron chi connectivity index (χ4n) is 1.87. The Kier molecular flexibility index (Phi) is 4.10. The third kappa shape index (κ3) is 3.17. The number of rotatable bonds is 4.